The number of nitrogens with zero attached hydrogens (tertiary/aromatic N) is 1. The van der Waals surface area contributed by atoms with Crippen molar-refractivity contribution in [3.63, 3.8) is 0 Å². The van der Waals surface area contributed by atoms with Crippen LogP contribution in [-0.4, -0.2) is 25.0 Å². The quantitative estimate of drug-likeness (QED) is 0.766. The molecule has 0 saturated carbocycles. The van der Waals surface area contributed by atoms with Crippen molar-refractivity contribution in [2.24, 2.45) is 5.92 Å². The summed E-state index contributed by atoms with van der Waals surface area (Å²) in [4.78, 5) is 25.9. The van der Waals surface area contributed by atoms with Crippen LogP contribution < -0.4 is 4.90 Å². The van der Waals surface area contributed by atoms with Crippen LogP contribution in [0.1, 0.15) is 25.8 Å². The largest absolute Gasteiger partial charge is 0.467 e. The van der Waals surface area contributed by atoms with Crippen molar-refractivity contribution in [2.45, 2.75) is 32.7 Å². The van der Waals surface area contributed by atoms with E-state index in [1.165, 1.54) is 7.11 Å². The van der Waals surface area contributed by atoms with Gasteiger partial charge in [-0.2, -0.15) is 0 Å². The molecule has 1 atom stereocenters. The topological polar surface area (TPSA) is 46.6 Å². The summed E-state index contributed by atoms with van der Waals surface area (Å²) in [5.41, 5.74) is 1.94. The van der Waals surface area contributed by atoms with E-state index in [4.69, 9.17) is 4.74 Å². The number of carbonyl (C=O) groups excluding carboxylic acids is 2. The van der Waals surface area contributed by atoms with Gasteiger partial charge in [-0.1, -0.05) is 32.0 Å². The Morgan fingerprint density at radius 3 is 2.63 bits per heavy atom. The predicted molar refractivity (Wildman–Crippen MR) is 72.9 cm³/mol. The molecule has 0 spiro atoms. The number of aryl methyl sites for hydroxylation is 1. The van der Waals surface area contributed by atoms with E-state index in [0.29, 0.717) is 6.42 Å². The summed E-state index contributed by atoms with van der Waals surface area (Å²) in [6, 6.07) is 7.23. The average molecular weight is 261 g/mol. The van der Waals surface area contributed by atoms with Crippen LogP contribution in [0, 0.1) is 5.92 Å². The molecule has 0 radical (unpaired) electrons. The molecule has 0 saturated heterocycles. The van der Waals surface area contributed by atoms with Crippen molar-refractivity contribution >= 4 is 17.6 Å². The number of carbonyl (C=O) groups is 2. The van der Waals surface area contributed by atoms with Crippen LogP contribution in [-0.2, 0) is 20.7 Å². The van der Waals surface area contributed by atoms with Crippen LogP contribution in [0.15, 0.2) is 24.3 Å². The van der Waals surface area contributed by atoms with Gasteiger partial charge in [-0.05, 0) is 24.5 Å². The first-order valence-corrected chi connectivity index (χ1v) is 6.55. The van der Waals surface area contributed by atoms with E-state index in [-0.39, 0.29) is 17.8 Å². The fraction of sp³-hybridized carbons (Fsp3) is 0.467. The molecule has 4 heteroatoms. The number of rotatable bonds is 2. The van der Waals surface area contributed by atoms with Gasteiger partial charge in [0.1, 0.15) is 6.04 Å². The number of ether oxygens (including phenoxy) is 1. The van der Waals surface area contributed by atoms with Crippen LogP contribution in [0.2, 0.25) is 0 Å². The molecule has 1 aliphatic heterocycles. The summed E-state index contributed by atoms with van der Waals surface area (Å²) >= 11 is 0. The normalized spacial score (nSPS) is 18.1. The first kappa shape index (κ1) is 13.6. The number of anilines is 1. The summed E-state index contributed by atoms with van der Waals surface area (Å²) in [5.74, 6) is -0.538. The molecule has 0 aromatic heterocycles. The van der Waals surface area contributed by atoms with Crippen molar-refractivity contribution in [1.29, 1.82) is 0 Å². The van der Waals surface area contributed by atoms with Gasteiger partial charge in [-0.15, -0.1) is 0 Å². The third kappa shape index (κ3) is 2.48. The number of fused-ring (bicyclic) bond motifs is 1. The van der Waals surface area contributed by atoms with Gasteiger partial charge in [0.2, 0.25) is 5.91 Å². The van der Waals surface area contributed by atoms with Crippen LogP contribution in [0.25, 0.3) is 0 Å². The monoisotopic (exact) mass is 261 g/mol. The minimum atomic E-state index is -0.505. The zero-order valence-corrected chi connectivity index (χ0v) is 11.6. The Morgan fingerprint density at radius 1 is 1.32 bits per heavy atom. The molecule has 2 rings (SSSR count). The van der Waals surface area contributed by atoms with Gasteiger partial charge < -0.3 is 4.74 Å². The highest BCUT2D eigenvalue weighted by Gasteiger charge is 2.36. The average Bonchev–Trinajstić information content (AvgIpc) is 2.44. The van der Waals surface area contributed by atoms with Crippen molar-refractivity contribution < 1.29 is 14.3 Å². The molecule has 1 heterocycles. The van der Waals surface area contributed by atoms with Crippen LogP contribution in [0.3, 0.4) is 0 Å². The lowest BCUT2D eigenvalue weighted by atomic mass is 9.94. The zero-order valence-electron chi connectivity index (χ0n) is 11.6. The summed E-state index contributed by atoms with van der Waals surface area (Å²) in [6.45, 7) is 3.68. The summed E-state index contributed by atoms with van der Waals surface area (Å²) < 4.78 is 4.83. The summed E-state index contributed by atoms with van der Waals surface area (Å²) in [7, 11) is 1.36. The Labute approximate surface area is 113 Å². The second-order valence-corrected chi connectivity index (χ2v) is 5.07. The van der Waals surface area contributed by atoms with Crippen LogP contribution in [0.4, 0.5) is 5.69 Å². The maximum atomic E-state index is 12.4. The highest BCUT2D eigenvalue weighted by atomic mass is 16.5. The first-order chi connectivity index (χ1) is 9.06. The van der Waals surface area contributed by atoms with Gasteiger partial charge in [-0.3, -0.25) is 9.69 Å². The molecule has 0 N–H and O–H groups in total. The Kier molecular flexibility index (Phi) is 3.88. The van der Waals surface area contributed by atoms with Crippen molar-refractivity contribution in [1.82, 2.24) is 0 Å². The molecule has 4 nitrogen and oxygen atoms in total. The van der Waals surface area contributed by atoms with E-state index in [9.17, 15) is 9.59 Å². The third-order valence-corrected chi connectivity index (χ3v) is 3.45. The molecule has 1 aliphatic rings. The fourth-order valence-corrected chi connectivity index (χ4v) is 2.46. The number of methoxy groups -OCH3 is 1. The van der Waals surface area contributed by atoms with Crippen LogP contribution in [0.5, 0.6) is 0 Å². The van der Waals surface area contributed by atoms with E-state index in [1.54, 1.807) is 4.90 Å². The standard InChI is InChI=1S/C15H19NO3/c1-10(2)14(17)16-12-7-5-4-6-11(12)8-9-13(16)15(18)19-3/h4-7,10,13H,8-9H2,1-3H3/t13-/m1/s1. The molecule has 1 aromatic carbocycles. The fourth-order valence-electron chi connectivity index (χ4n) is 2.46. The Bertz CT molecular complexity index is 496. The van der Waals surface area contributed by atoms with Crippen molar-refractivity contribution in [3.8, 4) is 0 Å². The molecule has 1 aromatic rings. The molecule has 1 amide bonds. The Balaban J connectivity index is 2.45. The number of hydrogen-bond acceptors (Lipinski definition) is 3. The predicted octanol–water partition coefficient (Wildman–Crippen LogP) is 2.16. The van der Waals surface area contributed by atoms with Crippen LogP contribution >= 0.6 is 0 Å². The lowest BCUT2D eigenvalue weighted by Crippen LogP contribution is -2.50. The minimum Gasteiger partial charge on any atom is -0.467 e. The van der Waals surface area contributed by atoms with Crippen molar-refractivity contribution in [2.75, 3.05) is 12.0 Å². The lowest BCUT2D eigenvalue weighted by Gasteiger charge is -2.36. The molecule has 0 aliphatic carbocycles. The summed E-state index contributed by atoms with van der Waals surface area (Å²) in [6.07, 6.45) is 1.40. The number of para-hydroxylation sites is 1. The van der Waals surface area contributed by atoms with E-state index in [0.717, 1.165) is 17.7 Å². The number of hydrogen-bond donors (Lipinski definition) is 0. The van der Waals surface area contributed by atoms with Gasteiger partial charge in [-0.25, -0.2) is 4.79 Å². The second-order valence-electron chi connectivity index (χ2n) is 5.07. The van der Waals surface area contributed by atoms with E-state index in [1.807, 2.05) is 38.1 Å². The molecular formula is C15H19NO3. The highest BCUT2D eigenvalue weighted by Crippen LogP contribution is 2.32. The second kappa shape index (κ2) is 5.43. The van der Waals surface area contributed by atoms with Crippen molar-refractivity contribution in [3.05, 3.63) is 29.8 Å². The highest BCUT2D eigenvalue weighted by molar-refractivity contribution is 6.01. The van der Waals surface area contributed by atoms with Gasteiger partial charge in [0.05, 0.1) is 7.11 Å². The molecule has 0 fully saturated rings. The summed E-state index contributed by atoms with van der Waals surface area (Å²) in [5, 5.41) is 0. The molecule has 102 valence electrons. The molecule has 0 unspecified atom stereocenters. The number of amides is 1. The Morgan fingerprint density at radius 2 is 2.00 bits per heavy atom. The smallest absolute Gasteiger partial charge is 0.328 e. The van der Waals surface area contributed by atoms with E-state index in [2.05, 4.69) is 0 Å². The molecule has 0 bridgehead atoms. The zero-order chi connectivity index (χ0) is 14.0. The minimum absolute atomic E-state index is 0.0393. The number of esters is 1. The first-order valence-electron chi connectivity index (χ1n) is 6.55. The lowest BCUT2D eigenvalue weighted by molar-refractivity contribution is -0.144. The van der Waals surface area contributed by atoms with Gasteiger partial charge in [0.15, 0.2) is 0 Å². The van der Waals surface area contributed by atoms with E-state index < -0.39 is 6.04 Å². The maximum Gasteiger partial charge on any atom is 0.328 e. The molecular weight excluding hydrogens is 242 g/mol. The Hall–Kier alpha value is -1.84. The third-order valence-electron chi connectivity index (χ3n) is 3.45. The number of benzene rings is 1. The maximum absolute atomic E-state index is 12.4. The molecule has 19 heavy (non-hydrogen) atoms. The van der Waals surface area contributed by atoms with Gasteiger partial charge in [0, 0.05) is 11.6 Å². The van der Waals surface area contributed by atoms with Gasteiger partial charge in [0.25, 0.3) is 0 Å². The van der Waals surface area contributed by atoms with E-state index >= 15 is 0 Å². The SMILES string of the molecule is COC(=O)[C@H]1CCc2ccccc2N1C(=O)C(C)C. The van der Waals surface area contributed by atoms with Gasteiger partial charge >= 0.3 is 5.97 Å².